The first-order chi connectivity index (χ1) is 11.5. The number of halogens is 1. The Hall–Kier alpha value is -2.40. The Labute approximate surface area is 145 Å². The van der Waals surface area contributed by atoms with Gasteiger partial charge in [-0.1, -0.05) is 35.9 Å². The van der Waals surface area contributed by atoms with Gasteiger partial charge in [0.2, 0.25) is 0 Å². The number of amides is 1. The molecule has 1 aliphatic carbocycles. The van der Waals surface area contributed by atoms with Crippen LogP contribution < -0.4 is 0 Å². The highest BCUT2D eigenvalue weighted by Crippen LogP contribution is 2.35. The number of carbonyl (C=O) groups is 1. The maximum atomic E-state index is 12.8. The molecular weight excluding hydrogens is 328 g/mol. The third-order valence-electron chi connectivity index (χ3n) is 4.52. The van der Waals surface area contributed by atoms with Crippen molar-refractivity contribution >= 4 is 23.2 Å². The fourth-order valence-electron chi connectivity index (χ4n) is 3.25. The van der Waals surface area contributed by atoms with Crippen molar-refractivity contribution in [1.29, 1.82) is 0 Å². The van der Waals surface area contributed by atoms with Gasteiger partial charge in [-0.25, -0.2) is 0 Å². The van der Waals surface area contributed by atoms with Crippen molar-refractivity contribution in [1.82, 2.24) is 4.90 Å². The summed E-state index contributed by atoms with van der Waals surface area (Å²) in [6.45, 7) is 0. The Morgan fingerprint density at radius 1 is 1.29 bits per heavy atom. The number of non-ortho nitro benzene ring substituents is 1. The van der Waals surface area contributed by atoms with E-state index >= 15 is 0 Å². The summed E-state index contributed by atoms with van der Waals surface area (Å²) in [6, 6.07) is 12.1. The lowest BCUT2D eigenvalue weighted by Gasteiger charge is -2.33. The zero-order chi connectivity index (χ0) is 17.3. The molecule has 0 radical (unpaired) electrons. The van der Waals surface area contributed by atoms with E-state index in [1.54, 1.807) is 11.9 Å². The smallest absolute Gasteiger partial charge is 0.270 e. The van der Waals surface area contributed by atoms with Gasteiger partial charge in [0.25, 0.3) is 11.6 Å². The van der Waals surface area contributed by atoms with E-state index in [-0.39, 0.29) is 28.2 Å². The summed E-state index contributed by atoms with van der Waals surface area (Å²) in [6.07, 6.45) is 2.93. The molecule has 1 atom stereocenters. The molecule has 0 N–H and O–H groups in total. The Kier molecular flexibility index (Phi) is 4.53. The molecule has 5 nitrogen and oxygen atoms in total. The number of nitro benzene ring substituents is 1. The molecule has 24 heavy (non-hydrogen) atoms. The van der Waals surface area contributed by atoms with E-state index in [1.165, 1.54) is 23.8 Å². The highest BCUT2D eigenvalue weighted by atomic mass is 35.5. The fraction of sp³-hybridized carbons (Fsp3) is 0.278. The number of nitro groups is 1. The molecule has 0 aliphatic heterocycles. The predicted octanol–water partition coefficient (Wildman–Crippen LogP) is 4.40. The second-order valence-electron chi connectivity index (χ2n) is 5.94. The average Bonchev–Trinajstić information content (AvgIpc) is 2.60. The minimum absolute atomic E-state index is 0.00583. The molecule has 2 aromatic rings. The molecule has 6 heteroatoms. The monoisotopic (exact) mass is 344 g/mol. The van der Waals surface area contributed by atoms with Crippen LogP contribution in [0.15, 0.2) is 42.5 Å². The van der Waals surface area contributed by atoms with Crippen LogP contribution in [0.2, 0.25) is 5.02 Å². The van der Waals surface area contributed by atoms with E-state index in [0.29, 0.717) is 0 Å². The van der Waals surface area contributed by atoms with Gasteiger partial charge in [-0.15, -0.1) is 0 Å². The van der Waals surface area contributed by atoms with Crippen LogP contribution in [0.5, 0.6) is 0 Å². The van der Waals surface area contributed by atoms with Crippen molar-refractivity contribution in [3.05, 3.63) is 74.3 Å². The second-order valence-corrected chi connectivity index (χ2v) is 6.35. The summed E-state index contributed by atoms with van der Waals surface area (Å²) in [5.41, 5.74) is 2.59. The van der Waals surface area contributed by atoms with Crippen molar-refractivity contribution in [3.8, 4) is 0 Å². The van der Waals surface area contributed by atoms with Crippen molar-refractivity contribution < 1.29 is 9.72 Å². The number of benzene rings is 2. The van der Waals surface area contributed by atoms with Crippen molar-refractivity contribution in [3.63, 3.8) is 0 Å². The third-order valence-corrected chi connectivity index (χ3v) is 4.83. The molecule has 3 rings (SSSR count). The number of nitrogens with zero attached hydrogens (tertiary/aromatic N) is 2. The lowest BCUT2D eigenvalue weighted by molar-refractivity contribution is -0.384. The van der Waals surface area contributed by atoms with Crippen LogP contribution in [0.25, 0.3) is 0 Å². The fourth-order valence-corrected chi connectivity index (χ4v) is 3.51. The zero-order valence-corrected chi connectivity index (χ0v) is 14.0. The van der Waals surface area contributed by atoms with Crippen LogP contribution in [0.1, 0.15) is 40.4 Å². The molecule has 0 unspecified atom stereocenters. The number of aryl methyl sites for hydroxylation is 1. The van der Waals surface area contributed by atoms with Crippen LogP contribution in [-0.2, 0) is 6.42 Å². The zero-order valence-electron chi connectivity index (χ0n) is 13.2. The molecule has 0 saturated heterocycles. The van der Waals surface area contributed by atoms with E-state index in [0.717, 1.165) is 24.8 Å². The van der Waals surface area contributed by atoms with Crippen LogP contribution in [-0.4, -0.2) is 22.8 Å². The van der Waals surface area contributed by atoms with Gasteiger partial charge in [0, 0.05) is 19.2 Å². The molecule has 124 valence electrons. The summed E-state index contributed by atoms with van der Waals surface area (Å²) in [5, 5.41) is 10.9. The van der Waals surface area contributed by atoms with Crippen LogP contribution in [0.3, 0.4) is 0 Å². The average molecular weight is 345 g/mol. The van der Waals surface area contributed by atoms with Gasteiger partial charge in [-0.2, -0.15) is 0 Å². The van der Waals surface area contributed by atoms with E-state index < -0.39 is 4.92 Å². The highest BCUT2D eigenvalue weighted by Gasteiger charge is 2.28. The summed E-state index contributed by atoms with van der Waals surface area (Å²) < 4.78 is 0. The SMILES string of the molecule is CN(C(=O)c1ccc([N+](=O)[O-])cc1Cl)[C@H]1CCCc2ccccc21. The molecule has 0 aromatic heterocycles. The largest absolute Gasteiger partial charge is 0.335 e. The first-order valence-electron chi connectivity index (χ1n) is 7.78. The predicted molar refractivity (Wildman–Crippen MR) is 92.3 cm³/mol. The van der Waals surface area contributed by atoms with Crippen LogP contribution in [0, 0.1) is 10.1 Å². The van der Waals surface area contributed by atoms with E-state index in [4.69, 9.17) is 11.6 Å². The number of hydrogen-bond donors (Lipinski definition) is 0. The van der Waals surface area contributed by atoms with Crippen molar-refractivity contribution in [2.75, 3.05) is 7.05 Å². The summed E-state index contributed by atoms with van der Waals surface area (Å²) in [5.74, 6) is -0.225. The molecule has 0 heterocycles. The molecule has 1 amide bonds. The molecule has 0 fully saturated rings. The molecular formula is C18H17ClN2O3. The van der Waals surface area contributed by atoms with Gasteiger partial charge in [-0.05, 0) is 36.5 Å². The van der Waals surface area contributed by atoms with Crippen LogP contribution >= 0.6 is 11.6 Å². The Balaban J connectivity index is 1.90. The number of rotatable bonds is 3. The van der Waals surface area contributed by atoms with Gasteiger partial charge in [0.1, 0.15) is 0 Å². The molecule has 0 spiro atoms. The minimum atomic E-state index is -0.527. The maximum absolute atomic E-state index is 12.8. The van der Waals surface area contributed by atoms with Crippen LogP contribution in [0.4, 0.5) is 5.69 Å². The quantitative estimate of drug-likeness (QED) is 0.612. The lowest BCUT2D eigenvalue weighted by Crippen LogP contribution is -2.33. The topological polar surface area (TPSA) is 63.5 Å². The summed E-state index contributed by atoms with van der Waals surface area (Å²) in [4.78, 5) is 24.8. The van der Waals surface area contributed by atoms with Gasteiger partial charge in [0.15, 0.2) is 0 Å². The van der Waals surface area contributed by atoms with E-state index in [2.05, 4.69) is 12.1 Å². The van der Waals surface area contributed by atoms with Gasteiger partial charge < -0.3 is 4.90 Å². The standard InChI is InChI=1S/C18H17ClN2O3/c1-20(17-8-4-6-12-5-2-3-7-14(12)17)18(22)15-10-9-13(21(23)24)11-16(15)19/h2-3,5,7,9-11,17H,4,6,8H2,1H3/t17-/m0/s1. The summed E-state index contributed by atoms with van der Waals surface area (Å²) in [7, 11) is 1.76. The number of hydrogen-bond acceptors (Lipinski definition) is 3. The third kappa shape index (κ3) is 2.99. The molecule has 2 aromatic carbocycles. The maximum Gasteiger partial charge on any atom is 0.270 e. The van der Waals surface area contributed by atoms with Gasteiger partial charge in [0.05, 0.1) is 21.6 Å². The highest BCUT2D eigenvalue weighted by molar-refractivity contribution is 6.34. The van der Waals surface area contributed by atoms with E-state index in [1.807, 2.05) is 12.1 Å². The molecule has 1 aliphatic rings. The normalized spacial score (nSPS) is 16.3. The Morgan fingerprint density at radius 3 is 2.75 bits per heavy atom. The molecule has 0 saturated carbocycles. The first kappa shape index (κ1) is 16.5. The number of fused-ring (bicyclic) bond motifs is 1. The number of carbonyl (C=O) groups excluding carboxylic acids is 1. The van der Waals surface area contributed by atoms with Crippen molar-refractivity contribution in [2.24, 2.45) is 0 Å². The van der Waals surface area contributed by atoms with Gasteiger partial charge in [-0.3, -0.25) is 14.9 Å². The lowest BCUT2D eigenvalue weighted by atomic mass is 9.87. The van der Waals surface area contributed by atoms with Crippen molar-refractivity contribution in [2.45, 2.75) is 25.3 Å². The minimum Gasteiger partial charge on any atom is -0.335 e. The van der Waals surface area contributed by atoms with E-state index in [9.17, 15) is 14.9 Å². The first-order valence-corrected chi connectivity index (χ1v) is 8.15. The Morgan fingerprint density at radius 2 is 2.04 bits per heavy atom. The Bertz CT molecular complexity index is 807. The molecule has 0 bridgehead atoms. The second kappa shape index (κ2) is 6.61. The van der Waals surface area contributed by atoms with Gasteiger partial charge >= 0.3 is 0 Å². The summed E-state index contributed by atoms with van der Waals surface area (Å²) >= 11 is 6.10.